The maximum atomic E-state index is 14.3. The van der Waals surface area contributed by atoms with E-state index in [4.69, 9.17) is 16.3 Å². The van der Waals surface area contributed by atoms with Gasteiger partial charge in [-0.2, -0.15) is 5.10 Å². The summed E-state index contributed by atoms with van der Waals surface area (Å²) in [5.74, 6) is -0.254. The van der Waals surface area contributed by atoms with Crippen molar-refractivity contribution in [1.29, 1.82) is 0 Å². The lowest BCUT2D eigenvalue weighted by Crippen LogP contribution is -2.42. The van der Waals surface area contributed by atoms with E-state index in [1.807, 2.05) is 0 Å². The van der Waals surface area contributed by atoms with Crippen molar-refractivity contribution in [2.75, 3.05) is 19.8 Å². The number of nitrogens with zero attached hydrogens (tertiary/aromatic N) is 3. The monoisotopic (exact) mass is 435 g/mol. The summed E-state index contributed by atoms with van der Waals surface area (Å²) in [6.45, 7) is 3.14. The fourth-order valence-corrected chi connectivity index (χ4v) is 4.19. The second-order valence-corrected chi connectivity index (χ2v) is 8.14. The molecule has 0 saturated carbocycles. The van der Waals surface area contributed by atoms with Crippen molar-refractivity contribution in [3.8, 4) is 0 Å². The molecule has 3 heterocycles. The fourth-order valence-electron chi connectivity index (χ4n) is 4.01. The van der Waals surface area contributed by atoms with E-state index >= 15 is 0 Å². The molecule has 2 atom stereocenters. The Labute approximate surface area is 178 Å². The van der Waals surface area contributed by atoms with Gasteiger partial charge >= 0.3 is 0 Å². The van der Waals surface area contributed by atoms with Crippen LogP contribution in [0.25, 0.3) is 0 Å². The predicted molar refractivity (Wildman–Crippen MR) is 106 cm³/mol. The molecule has 10 heteroatoms. The Morgan fingerprint density at radius 2 is 2.10 bits per heavy atom. The number of hydrogen-bond acceptors (Lipinski definition) is 5. The molecule has 2 N–H and O–H groups in total. The molecule has 2 aliphatic heterocycles. The second kappa shape index (κ2) is 8.69. The van der Waals surface area contributed by atoms with E-state index in [2.05, 4.69) is 20.5 Å². The van der Waals surface area contributed by atoms with E-state index in [1.54, 1.807) is 6.92 Å². The Bertz CT molecular complexity index is 946. The first kappa shape index (κ1) is 20.7. The second-order valence-electron chi connectivity index (χ2n) is 7.70. The average Bonchev–Trinajstić information content (AvgIpc) is 3.36. The molecule has 2 amide bonds. The molecule has 0 radical (unpaired) electrons. The summed E-state index contributed by atoms with van der Waals surface area (Å²) in [5, 5.41) is 10.3. The summed E-state index contributed by atoms with van der Waals surface area (Å²) in [6, 6.07) is 3.11. The quantitative estimate of drug-likeness (QED) is 0.768. The van der Waals surface area contributed by atoms with Crippen LogP contribution in [0.5, 0.6) is 0 Å². The maximum Gasteiger partial charge on any atom is 0.257 e. The summed E-state index contributed by atoms with van der Waals surface area (Å²) in [7, 11) is 0. The van der Waals surface area contributed by atoms with Crippen molar-refractivity contribution in [2.24, 2.45) is 5.92 Å². The van der Waals surface area contributed by atoms with Crippen LogP contribution in [0.4, 0.5) is 4.39 Å². The van der Waals surface area contributed by atoms with Gasteiger partial charge in [0.05, 0.1) is 11.6 Å². The predicted octanol–water partition coefficient (Wildman–Crippen LogP) is 2.40. The summed E-state index contributed by atoms with van der Waals surface area (Å²) in [5.41, 5.74) is -0.115. The lowest BCUT2D eigenvalue weighted by atomic mass is 9.99. The number of rotatable bonds is 4. The minimum atomic E-state index is -0.649. The number of aromatic nitrogens is 3. The van der Waals surface area contributed by atoms with Crippen molar-refractivity contribution in [2.45, 2.75) is 38.3 Å². The number of hydrogen-bond donors (Lipinski definition) is 2. The number of carbonyl (C=O) groups excluding carboxylic acids is 2. The minimum absolute atomic E-state index is 0.0450. The highest BCUT2D eigenvalue weighted by molar-refractivity contribution is 6.31. The molecule has 8 nitrogen and oxygen atoms in total. The van der Waals surface area contributed by atoms with Crippen LogP contribution >= 0.6 is 11.6 Å². The third-order valence-electron chi connectivity index (χ3n) is 5.57. The zero-order valence-electron chi connectivity index (χ0n) is 16.5. The maximum absolute atomic E-state index is 14.3. The van der Waals surface area contributed by atoms with Crippen molar-refractivity contribution in [3.63, 3.8) is 0 Å². The zero-order chi connectivity index (χ0) is 21.3. The highest BCUT2D eigenvalue weighted by Crippen LogP contribution is 2.33. The molecule has 2 fully saturated rings. The van der Waals surface area contributed by atoms with Gasteiger partial charge in [-0.25, -0.2) is 9.37 Å². The SMILES string of the molecule is Cc1nc([C@@H]2C[C@H](NC(=O)C3CCOCC3)CN2C(=O)c2cc(Cl)ccc2F)n[nH]1. The molecule has 4 rings (SSSR count). The number of H-pyrrole nitrogens is 1. The molecule has 0 aliphatic carbocycles. The first-order valence-corrected chi connectivity index (χ1v) is 10.3. The number of aryl methyl sites for hydroxylation is 1. The number of benzene rings is 1. The van der Waals surface area contributed by atoms with E-state index in [9.17, 15) is 14.0 Å². The van der Waals surface area contributed by atoms with Crippen LogP contribution in [0.3, 0.4) is 0 Å². The number of likely N-dealkylation sites (tertiary alicyclic amines) is 1. The molecular formula is C20H23ClFN5O3. The zero-order valence-corrected chi connectivity index (χ0v) is 17.3. The van der Waals surface area contributed by atoms with E-state index in [0.717, 1.165) is 0 Å². The van der Waals surface area contributed by atoms with E-state index in [1.165, 1.54) is 23.1 Å². The Morgan fingerprint density at radius 3 is 2.80 bits per heavy atom. The summed E-state index contributed by atoms with van der Waals surface area (Å²) >= 11 is 5.97. The lowest BCUT2D eigenvalue weighted by molar-refractivity contribution is -0.128. The Hall–Kier alpha value is -2.52. The largest absolute Gasteiger partial charge is 0.381 e. The number of halogens is 2. The van der Waals surface area contributed by atoms with Gasteiger partial charge in [-0.3, -0.25) is 14.7 Å². The van der Waals surface area contributed by atoms with Crippen molar-refractivity contribution in [1.82, 2.24) is 25.4 Å². The number of amides is 2. The molecule has 0 unspecified atom stereocenters. The first-order valence-electron chi connectivity index (χ1n) is 9.95. The van der Waals surface area contributed by atoms with E-state index < -0.39 is 17.8 Å². The first-order chi connectivity index (χ1) is 14.4. The van der Waals surface area contributed by atoms with Crippen LogP contribution in [0.2, 0.25) is 5.02 Å². The van der Waals surface area contributed by atoms with Crippen LogP contribution < -0.4 is 5.32 Å². The van der Waals surface area contributed by atoms with Crippen LogP contribution in [-0.4, -0.2) is 57.7 Å². The molecule has 0 bridgehead atoms. The Balaban J connectivity index is 1.56. The van der Waals surface area contributed by atoms with Crippen LogP contribution in [0.15, 0.2) is 18.2 Å². The summed E-state index contributed by atoms with van der Waals surface area (Å²) < 4.78 is 19.6. The van der Waals surface area contributed by atoms with E-state index in [0.29, 0.717) is 44.1 Å². The number of ether oxygens (including phenoxy) is 1. The van der Waals surface area contributed by atoms with Gasteiger partial charge in [0.1, 0.15) is 11.6 Å². The smallest absolute Gasteiger partial charge is 0.257 e. The highest BCUT2D eigenvalue weighted by atomic mass is 35.5. The normalized spacial score (nSPS) is 22.3. The summed E-state index contributed by atoms with van der Waals surface area (Å²) in [6.07, 6.45) is 1.80. The van der Waals surface area contributed by atoms with Crippen LogP contribution in [0.1, 0.15) is 47.3 Å². The highest BCUT2D eigenvalue weighted by Gasteiger charge is 2.40. The van der Waals surface area contributed by atoms with Crippen molar-refractivity contribution in [3.05, 3.63) is 46.3 Å². The number of aromatic amines is 1. The van der Waals surface area contributed by atoms with Gasteiger partial charge < -0.3 is 15.0 Å². The molecule has 160 valence electrons. The standard InChI is InChI=1S/C20H23ClFN5O3/c1-11-23-18(26-25-11)17-9-14(24-19(28)12-4-6-30-7-5-12)10-27(17)20(29)15-8-13(21)2-3-16(15)22/h2-3,8,12,14,17H,4-7,9-10H2,1H3,(H,24,28)(H,23,25,26)/t14-,17-/m0/s1. The van der Waals surface area contributed by atoms with Gasteiger partial charge in [0.15, 0.2) is 5.82 Å². The van der Waals surface area contributed by atoms with Crippen LogP contribution in [0, 0.1) is 18.7 Å². The van der Waals surface area contributed by atoms with Gasteiger partial charge in [0, 0.05) is 36.7 Å². The average molecular weight is 436 g/mol. The van der Waals surface area contributed by atoms with Crippen molar-refractivity contribution >= 4 is 23.4 Å². The third kappa shape index (κ3) is 4.32. The molecule has 2 saturated heterocycles. The topological polar surface area (TPSA) is 100 Å². The van der Waals surface area contributed by atoms with Gasteiger partial charge in [-0.05, 0) is 44.4 Å². The van der Waals surface area contributed by atoms with Gasteiger partial charge in [-0.1, -0.05) is 11.6 Å². The van der Waals surface area contributed by atoms with Gasteiger partial charge in [-0.15, -0.1) is 0 Å². The molecule has 1 aromatic heterocycles. The molecule has 2 aromatic rings. The van der Waals surface area contributed by atoms with Crippen molar-refractivity contribution < 1.29 is 18.7 Å². The minimum Gasteiger partial charge on any atom is -0.381 e. The molecule has 0 spiro atoms. The molecule has 2 aliphatic rings. The number of nitrogens with one attached hydrogen (secondary N) is 2. The fraction of sp³-hybridized carbons (Fsp3) is 0.500. The number of carbonyl (C=O) groups is 2. The van der Waals surface area contributed by atoms with Crippen LogP contribution in [-0.2, 0) is 9.53 Å². The van der Waals surface area contributed by atoms with Gasteiger partial charge in [0.2, 0.25) is 5.91 Å². The summed E-state index contributed by atoms with van der Waals surface area (Å²) in [4.78, 5) is 31.7. The van der Waals surface area contributed by atoms with E-state index in [-0.39, 0.29) is 35.0 Å². The Morgan fingerprint density at radius 1 is 1.33 bits per heavy atom. The third-order valence-corrected chi connectivity index (χ3v) is 5.81. The van der Waals surface area contributed by atoms with Gasteiger partial charge in [0.25, 0.3) is 5.91 Å². The molecule has 30 heavy (non-hydrogen) atoms. The molecule has 1 aromatic carbocycles. The lowest BCUT2D eigenvalue weighted by Gasteiger charge is -2.24. The Kier molecular flexibility index (Phi) is 6.01. The molecular weight excluding hydrogens is 413 g/mol.